The summed E-state index contributed by atoms with van der Waals surface area (Å²) in [6.07, 6.45) is 5.17. The largest absolute Gasteiger partial charge is 0.388 e. The van der Waals surface area contributed by atoms with Gasteiger partial charge in [-0.15, -0.1) is 0 Å². The molecule has 1 aromatic rings. The molecular formula is C15H24FNO. The van der Waals surface area contributed by atoms with Crippen LogP contribution in [0.2, 0.25) is 0 Å². The standard InChI is InChI=1S/C15H24FNO/c1-2-3-4-5-11-17-12-10-15(18)13-6-8-14(16)9-7-13/h6-9,15,17-18H,2-5,10-12H2,1H3. The summed E-state index contributed by atoms with van der Waals surface area (Å²) >= 11 is 0. The highest BCUT2D eigenvalue weighted by Gasteiger charge is 2.06. The Labute approximate surface area is 109 Å². The van der Waals surface area contributed by atoms with Gasteiger partial charge in [0.05, 0.1) is 6.10 Å². The summed E-state index contributed by atoms with van der Waals surface area (Å²) in [6.45, 7) is 4.01. The van der Waals surface area contributed by atoms with E-state index in [0.29, 0.717) is 6.42 Å². The van der Waals surface area contributed by atoms with Gasteiger partial charge in [0.15, 0.2) is 0 Å². The molecule has 1 unspecified atom stereocenters. The predicted octanol–water partition coefficient (Wildman–Crippen LogP) is 3.42. The molecule has 2 nitrogen and oxygen atoms in total. The van der Waals surface area contributed by atoms with Gasteiger partial charge in [-0.2, -0.15) is 0 Å². The summed E-state index contributed by atoms with van der Waals surface area (Å²) in [4.78, 5) is 0. The Kier molecular flexibility index (Phi) is 7.62. The Bertz CT molecular complexity index is 313. The first kappa shape index (κ1) is 15.1. The Hall–Kier alpha value is -0.930. The third kappa shape index (κ3) is 6.12. The lowest BCUT2D eigenvalue weighted by molar-refractivity contribution is 0.167. The topological polar surface area (TPSA) is 32.3 Å². The lowest BCUT2D eigenvalue weighted by Crippen LogP contribution is -2.18. The van der Waals surface area contributed by atoms with Gasteiger partial charge in [-0.1, -0.05) is 38.3 Å². The maximum absolute atomic E-state index is 12.7. The van der Waals surface area contributed by atoms with Gasteiger partial charge in [-0.25, -0.2) is 4.39 Å². The fourth-order valence-corrected chi connectivity index (χ4v) is 1.89. The summed E-state index contributed by atoms with van der Waals surface area (Å²) in [5, 5.41) is 13.2. The molecule has 102 valence electrons. The second-order valence-electron chi connectivity index (χ2n) is 4.67. The van der Waals surface area contributed by atoms with E-state index in [0.717, 1.165) is 18.7 Å². The van der Waals surface area contributed by atoms with E-state index in [1.165, 1.54) is 37.8 Å². The van der Waals surface area contributed by atoms with Gasteiger partial charge in [0.1, 0.15) is 5.82 Å². The van der Waals surface area contributed by atoms with Crippen molar-refractivity contribution in [2.24, 2.45) is 0 Å². The van der Waals surface area contributed by atoms with Crippen molar-refractivity contribution in [3.8, 4) is 0 Å². The molecule has 0 aliphatic rings. The van der Waals surface area contributed by atoms with Crippen molar-refractivity contribution < 1.29 is 9.50 Å². The minimum atomic E-state index is -0.506. The summed E-state index contributed by atoms with van der Waals surface area (Å²) in [5.41, 5.74) is 0.782. The molecule has 0 bridgehead atoms. The summed E-state index contributed by atoms with van der Waals surface area (Å²) < 4.78 is 12.7. The lowest BCUT2D eigenvalue weighted by atomic mass is 10.1. The molecule has 3 heteroatoms. The molecule has 0 amide bonds. The van der Waals surface area contributed by atoms with E-state index in [9.17, 15) is 9.50 Å². The zero-order valence-corrected chi connectivity index (χ0v) is 11.2. The first-order chi connectivity index (χ1) is 8.74. The van der Waals surface area contributed by atoms with Crippen LogP contribution in [0.15, 0.2) is 24.3 Å². The van der Waals surface area contributed by atoms with Crippen molar-refractivity contribution in [1.82, 2.24) is 5.32 Å². The van der Waals surface area contributed by atoms with Crippen LogP contribution in [0.3, 0.4) is 0 Å². The van der Waals surface area contributed by atoms with Crippen LogP contribution in [-0.4, -0.2) is 18.2 Å². The number of hydrogen-bond donors (Lipinski definition) is 2. The molecule has 0 aliphatic heterocycles. The van der Waals surface area contributed by atoms with Gasteiger partial charge in [-0.05, 0) is 43.6 Å². The molecule has 0 saturated carbocycles. The second kappa shape index (κ2) is 9.06. The lowest BCUT2D eigenvalue weighted by Gasteiger charge is -2.11. The van der Waals surface area contributed by atoms with E-state index in [1.807, 2.05) is 0 Å². The number of rotatable bonds is 9. The SMILES string of the molecule is CCCCCCNCCC(O)c1ccc(F)cc1. The van der Waals surface area contributed by atoms with E-state index in [1.54, 1.807) is 12.1 Å². The van der Waals surface area contributed by atoms with Crippen LogP contribution in [0.1, 0.15) is 50.7 Å². The van der Waals surface area contributed by atoms with Crippen molar-refractivity contribution in [3.63, 3.8) is 0 Å². The van der Waals surface area contributed by atoms with Gasteiger partial charge >= 0.3 is 0 Å². The van der Waals surface area contributed by atoms with Gasteiger partial charge in [0.25, 0.3) is 0 Å². The van der Waals surface area contributed by atoms with E-state index < -0.39 is 6.10 Å². The number of aliphatic hydroxyl groups is 1. The normalized spacial score (nSPS) is 12.6. The number of unbranched alkanes of at least 4 members (excludes halogenated alkanes) is 3. The van der Waals surface area contributed by atoms with Crippen LogP contribution in [0, 0.1) is 5.82 Å². The van der Waals surface area contributed by atoms with Gasteiger partial charge in [0.2, 0.25) is 0 Å². The zero-order chi connectivity index (χ0) is 13.2. The van der Waals surface area contributed by atoms with Crippen molar-refractivity contribution >= 4 is 0 Å². The maximum Gasteiger partial charge on any atom is 0.123 e. The molecule has 1 aromatic carbocycles. The number of nitrogens with one attached hydrogen (secondary N) is 1. The molecule has 2 N–H and O–H groups in total. The van der Waals surface area contributed by atoms with Crippen molar-refractivity contribution in [3.05, 3.63) is 35.6 Å². The first-order valence-electron chi connectivity index (χ1n) is 6.88. The quantitative estimate of drug-likeness (QED) is 0.661. The Morgan fingerprint density at radius 2 is 1.83 bits per heavy atom. The van der Waals surface area contributed by atoms with Crippen molar-refractivity contribution in [2.75, 3.05) is 13.1 Å². The second-order valence-corrected chi connectivity index (χ2v) is 4.67. The molecule has 1 atom stereocenters. The molecule has 0 spiro atoms. The molecule has 1 rings (SSSR count). The van der Waals surface area contributed by atoms with Crippen molar-refractivity contribution in [1.29, 1.82) is 0 Å². The highest BCUT2D eigenvalue weighted by atomic mass is 19.1. The minimum Gasteiger partial charge on any atom is -0.388 e. The molecule has 0 aromatic heterocycles. The first-order valence-corrected chi connectivity index (χ1v) is 6.88. The maximum atomic E-state index is 12.7. The highest BCUT2D eigenvalue weighted by Crippen LogP contribution is 2.16. The van der Waals surface area contributed by atoms with E-state index >= 15 is 0 Å². The third-order valence-electron chi connectivity index (χ3n) is 3.06. The molecule has 0 saturated heterocycles. The molecule has 0 heterocycles. The molecule has 0 aliphatic carbocycles. The van der Waals surface area contributed by atoms with Crippen LogP contribution in [0.25, 0.3) is 0 Å². The highest BCUT2D eigenvalue weighted by molar-refractivity contribution is 5.18. The minimum absolute atomic E-state index is 0.264. The zero-order valence-electron chi connectivity index (χ0n) is 11.2. The number of aliphatic hydroxyl groups excluding tert-OH is 1. The Morgan fingerprint density at radius 1 is 1.11 bits per heavy atom. The smallest absolute Gasteiger partial charge is 0.123 e. The fraction of sp³-hybridized carbons (Fsp3) is 0.600. The monoisotopic (exact) mass is 253 g/mol. The average molecular weight is 253 g/mol. The van der Waals surface area contributed by atoms with Crippen LogP contribution in [0.4, 0.5) is 4.39 Å². The number of halogens is 1. The Balaban J connectivity index is 2.10. The molecule has 0 radical (unpaired) electrons. The summed E-state index contributed by atoms with van der Waals surface area (Å²) in [6, 6.07) is 6.05. The number of benzene rings is 1. The summed E-state index contributed by atoms with van der Waals surface area (Å²) in [5.74, 6) is -0.264. The van der Waals surface area contributed by atoms with E-state index in [-0.39, 0.29) is 5.82 Å². The van der Waals surface area contributed by atoms with Crippen LogP contribution < -0.4 is 5.32 Å². The van der Waals surface area contributed by atoms with E-state index in [2.05, 4.69) is 12.2 Å². The van der Waals surface area contributed by atoms with Gasteiger partial charge in [-0.3, -0.25) is 0 Å². The van der Waals surface area contributed by atoms with Gasteiger partial charge < -0.3 is 10.4 Å². The van der Waals surface area contributed by atoms with Crippen LogP contribution >= 0.6 is 0 Å². The van der Waals surface area contributed by atoms with Crippen molar-refractivity contribution in [2.45, 2.75) is 45.1 Å². The molecule has 0 fully saturated rings. The summed E-state index contributed by atoms with van der Waals surface area (Å²) in [7, 11) is 0. The average Bonchev–Trinajstić information content (AvgIpc) is 2.38. The van der Waals surface area contributed by atoms with Crippen LogP contribution in [0.5, 0.6) is 0 Å². The fourth-order valence-electron chi connectivity index (χ4n) is 1.89. The Morgan fingerprint density at radius 3 is 2.50 bits per heavy atom. The number of hydrogen-bond acceptors (Lipinski definition) is 2. The molecular weight excluding hydrogens is 229 g/mol. The predicted molar refractivity (Wildman–Crippen MR) is 73.0 cm³/mol. The third-order valence-corrected chi connectivity index (χ3v) is 3.06. The van der Waals surface area contributed by atoms with Crippen LogP contribution in [-0.2, 0) is 0 Å². The molecule has 18 heavy (non-hydrogen) atoms. The van der Waals surface area contributed by atoms with Gasteiger partial charge in [0, 0.05) is 0 Å². The van der Waals surface area contributed by atoms with E-state index in [4.69, 9.17) is 0 Å².